The quantitative estimate of drug-likeness (QED) is 0.700. The Balaban J connectivity index is 1.60. The first kappa shape index (κ1) is 10.1. The van der Waals surface area contributed by atoms with Crippen LogP contribution in [0.3, 0.4) is 0 Å². The number of hydrogen-bond donors (Lipinski definition) is 1. The van der Waals surface area contributed by atoms with E-state index in [4.69, 9.17) is 4.74 Å². The lowest BCUT2D eigenvalue weighted by Crippen LogP contribution is -2.67. The van der Waals surface area contributed by atoms with Crippen LogP contribution in [0.1, 0.15) is 32.1 Å². The third-order valence-corrected chi connectivity index (χ3v) is 4.40. The first-order chi connectivity index (χ1) is 7.36. The molecule has 0 spiro atoms. The van der Waals surface area contributed by atoms with E-state index in [0.717, 1.165) is 30.8 Å². The van der Waals surface area contributed by atoms with E-state index >= 15 is 0 Å². The van der Waals surface area contributed by atoms with Crippen LogP contribution in [0.15, 0.2) is 0 Å². The van der Waals surface area contributed by atoms with Crippen molar-refractivity contribution in [2.24, 2.45) is 0 Å². The molecule has 0 aliphatic carbocycles. The monoisotopic (exact) mass is 210 g/mol. The van der Waals surface area contributed by atoms with Gasteiger partial charge in [0.25, 0.3) is 0 Å². The average Bonchev–Trinajstić information content (AvgIpc) is 2.21. The summed E-state index contributed by atoms with van der Waals surface area (Å²) in [5.41, 5.74) is 0. The maximum absolute atomic E-state index is 5.15. The number of rotatable bonds is 4. The lowest BCUT2D eigenvalue weighted by Gasteiger charge is -2.57. The molecular formula is C12H22N2O. The van der Waals surface area contributed by atoms with Crippen LogP contribution in [0.2, 0.25) is 0 Å². The number of methoxy groups -OCH3 is 1. The Morgan fingerprint density at radius 1 is 1.13 bits per heavy atom. The predicted octanol–water partition coefficient (Wildman–Crippen LogP) is 0.990. The summed E-state index contributed by atoms with van der Waals surface area (Å²) in [6.07, 6.45) is 6.76. The van der Waals surface area contributed by atoms with Gasteiger partial charge >= 0.3 is 0 Å². The Morgan fingerprint density at radius 2 is 1.73 bits per heavy atom. The molecule has 0 radical (unpaired) electrons. The summed E-state index contributed by atoms with van der Waals surface area (Å²) in [5, 5.41) is 3.75. The fourth-order valence-electron chi connectivity index (χ4n) is 3.90. The molecule has 0 unspecified atom stereocenters. The van der Waals surface area contributed by atoms with E-state index in [-0.39, 0.29) is 0 Å². The molecule has 0 aromatic rings. The van der Waals surface area contributed by atoms with Crippen molar-refractivity contribution in [3.05, 3.63) is 0 Å². The van der Waals surface area contributed by atoms with Gasteiger partial charge in [0, 0.05) is 44.4 Å². The Morgan fingerprint density at radius 3 is 2.27 bits per heavy atom. The van der Waals surface area contributed by atoms with Crippen LogP contribution in [0.4, 0.5) is 0 Å². The molecule has 1 N–H and O–H groups in total. The summed E-state index contributed by atoms with van der Waals surface area (Å²) >= 11 is 0. The predicted molar refractivity (Wildman–Crippen MR) is 60.0 cm³/mol. The molecule has 15 heavy (non-hydrogen) atoms. The number of nitrogens with one attached hydrogen (secondary N) is 1. The van der Waals surface area contributed by atoms with Gasteiger partial charge in [-0.25, -0.2) is 0 Å². The van der Waals surface area contributed by atoms with Gasteiger partial charge in [0.2, 0.25) is 0 Å². The molecule has 3 nitrogen and oxygen atoms in total. The Labute approximate surface area is 92.2 Å². The van der Waals surface area contributed by atoms with E-state index in [2.05, 4.69) is 10.2 Å². The molecule has 0 aromatic heterocycles. The van der Waals surface area contributed by atoms with Gasteiger partial charge in [0.05, 0.1) is 0 Å². The molecule has 4 aliphatic heterocycles. The second-order valence-electron chi connectivity index (χ2n) is 5.40. The summed E-state index contributed by atoms with van der Waals surface area (Å²) in [5.74, 6) is 0. The molecule has 4 rings (SSSR count). The van der Waals surface area contributed by atoms with Crippen LogP contribution in [-0.2, 0) is 4.74 Å². The smallest absolute Gasteiger partial charge is 0.0474 e. The zero-order valence-corrected chi connectivity index (χ0v) is 9.61. The Kier molecular flexibility index (Phi) is 2.71. The third-order valence-electron chi connectivity index (χ3n) is 4.40. The van der Waals surface area contributed by atoms with Crippen molar-refractivity contribution < 1.29 is 4.74 Å². The van der Waals surface area contributed by atoms with Gasteiger partial charge in [-0.2, -0.15) is 0 Å². The van der Waals surface area contributed by atoms with Gasteiger partial charge in [0.1, 0.15) is 0 Å². The van der Waals surface area contributed by atoms with E-state index in [1.54, 1.807) is 7.11 Å². The third kappa shape index (κ3) is 1.81. The second kappa shape index (κ2) is 4.04. The number of hydrogen-bond acceptors (Lipinski definition) is 3. The molecule has 4 aliphatic rings. The fraction of sp³-hybridized carbons (Fsp3) is 1.00. The highest BCUT2D eigenvalue weighted by atomic mass is 16.5. The SMILES string of the molecule is COCCCN1C2CC3CC1CC(C2)N3. The van der Waals surface area contributed by atoms with Gasteiger partial charge < -0.3 is 10.1 Å². The highest BCUT2D eigenvalue weighted by molar-refractivity contribution is 5.05. The standard InChI is InChI=1S/C12H22N2O/c1-15-4-2-3-14-11-5-9-6-12(14)8-10(7-11)13-9/h9-13H,2-8H2,1H3. The molecular weight excluding hydrogens is 188 g/mol. The van der Waals surface area contributed by atoms with Crippen LogP contribution >= 0.6 is 0 Å². The summed E-state index contributed by atoms with van der Waals surface area (Å²) in [4.78, 5) is 2.77. The molecule has 86 valence electrons. The van der Waals surface area contributed by atoms with Crippen molar-refractivity contribution >= 4 is 0 Å². The van der Waals surface area contributed by atoms with Crippen molar-refractivity contribution in [3.8, 4) is 0 Å². The summed E-state index contributed by atoms with van der Waals surface area (Å²) in [6.45, 7) is 2.17. The van der Waals surface area contributed by atoms with Crippen LogP contribution in [0, 0.1) is 0 Å². The maximum atomic E-state index is 5.15. The maximum Gasteiger partial charge on any atom is 0.0474 e. The van der Waals surface area contributed by atoms with Crippen molar-refractivity contribution in [1.29, 1.82) is 0 Å². The van der Waals surface area contributed by atoms with Gasteiger partial charge in [-0.15, -0.1) is 0 Å². The van der Waals surface area contributed by atoms with Gasteiger partial charge in [-0.3, -0.25) is 4.90 Å². The topological polar surface area (TPSA) is 24.5 Å². The minimum Gasteiger partial charge on any atom is -0.385 e. The highest BCUT2D eigenvalue weighted by Crippen LogP contribution is 2.38. The van der Waals surface area contributed by atoms with Crippen molar-refractivity contribution in [2.45, 2.75) is 56.3 Å². The molecule has 4 saturated heterocycles. The molecule has 3 heteroatoms. The van der Waals surface area contributed by atoms with Crippen LogP contribution in [0.25, 0.3) is 0 Å². The number of piperidine rings is 4. The molecule has 4 fully saturated rings. The number of ether oxygens (including phenoxy) is 1. The normalized spacial score (nSPS) is 43.8. The van der Waals surface area contributed by atoms with Crippen molar-refractivity contribution in [2.75, 3.05) is 20.3 Å². The Hall–Kier alpha value is -0.120. The zero-order chi connectivity index (χ0) is 10.3. The second-order valence-corrected chi connectivity index (χ2v) is 5.40. The summed E-state index contributed by atoms with van der Waals surface area (Å²) in [7, 11) is 1.80. The lowest BCUT2D eigenvalue weighted by molar-refractivity contribution is -0.0335. The molecule has 0 amide bonds. The van der Waals surface area contributed by atoms with E-state index < -0.39 is 0 Å². The molecule has 0 atom stereocenters. The fourth-order valence-corrected chi connectivity index (χ4v) is 3.90. The Bertz CT molecular complexity index is 204. The zero-order valence-electron chi connectivity index (χ0n) is 9.61. The molecule has 0 aromatic carbocycles. The molecule has 4 bridgehead atoms. The molecule has 0 saturated carbocycles. The van der Waals surface area contributed by atoms with E-state index in [9.17, 15) is 0 Å². The van der Waals surface area contributed by atoms with Crippen molar-refractivity contribution in [1.82, 2.24) is 10.2 Å². The van der Waals surface area contributed by atoms with Crippen LogP contribution < -0.4 is 5.32 Å². The van der Waals surface area contributed by atoms with Crippen LogP contribution in [-0.4, -0.2) is 49.3 Å². The minimum absolute atomic E-state index is 0.839. The average molecular weight is 210 g/mol. The summed E-state index contributed by atoms with van der Waals surface area (Å²) < 4.78 is 5.15. The number of nitrogens with zero attached hydrogens (tertiary/aromatic N) is 1. The van der Waals surface area contributed by atoms with Gasteiger partial charge in [-0.1, -0.05) is 0 Å². The van der Waals surface area contributed by atoms with Crippen LogP contribution in [0.5, 0.6) is 0 Å². The van der Waals surface area contributed by atoms with E-state index in [1.165, 1.54) is 38.6 Å². The largest absolute Gasteiger partial charge is 0.385 e. The summed E-state index contributed by atoms with van der Waals surface area (Å²) in [6, 6.07) is 3.44. The lowest BCUT2D eigenvalue weighted by atomic mass is 9.74. The highest BCUT2D eigenvalue weighted by Gasteiger charge is 2.46. The first-order valence-corrected chi connectivity index (χ1v) is 6.37. The van der Waals surface area contributed by atoms with Gasteiger partial charge in [-0.05, 0) is 32.1 Å². The first-order valence-electron chi connectivity index (χ1n) is 6.37. The van der Waals surface area contributed by atoms with E-state index in [0.29, 0.717) is 0 Å². The van der Waals surface area contributed by atoms with E-state index in [1.807, 2.05) is 0 Å². The van der Waals surface area contributed by atoms with Gasteiger partial charge in [0.15, 0.2) is 0 Å². The molecule has 4 heterocycles. The van der Waals surface area contributed by atoms with Crippen molar-refractivity contribution in [3.63, 3.8) is 0 Å². The minimum atomic E-state index is 0.839.